The second-order valence-corrected chi connectivity index (χ2v) is 3.45. The van der Waals surface area contributed by atoms with Gasteiger partial charge in [0.1, 0.15) is 11.5 Å². The Labute approximate surface area is 93.0 Å². The molecule has 1 atom stereocenters. The summed E-state index contributed by atoms with van der Waals surface area (Å²) in [5.74, 6) is 6.48. The van der Waals surface area contributed by atoms with Crippen LogP contribution in [0.4, 0.5) is 0 Å². The minimum absolute atomic E-state index is 0.0774. The van der Waals surface area contributed by atoms with E-state index in [-0.39, 0.29) is 6.04 Å². The van der Waals surface area contributed by atoms with Crippen molar-refractivity contribution in [1.82, 2.24) is 30.4 Å². The van der Waals surface area contributed by atoms with Gasteiger partial charge in [0.15, 0.2) is 0 Å². The molecular formula is C9H15N7. The Bertz CT molecular complexity index is 419. The zero-order valence-corrected chi connectivity index (χ0v) is 9.09. The molecule has 0 fully saturated rings. The molecule has 2 aromatic heterocycles. The Kier molecular flexibility index (Phi) is 3.28. The summed E-state index contributed by atoms with van der Waals surface area (Å²) in [6.07, 6.45) is 6.08. The predicted octanol–water partition coefficient (Wildman–Crippen LogP) is -0.232. The second-order valence-electron chi connectivity index (χ2n) is 3.45. The van der Waals surface area contributed by atoms with Gasteiger partial charge < -0.3 is 4.57 Å². The standard InChI is InChI=1S/C9H15N7/c1-2-16-4-3-11-9(16)5-7(13-10)8-6-12-15-14-8/h3-4,6-7,13H,2,5,10H2,1H3,(H,12,14,15). The molecule has 0 saturated heterocycles. The molecule has 86 valence electrons. The first-order chi connectivity index (χ1) is 7.85. The van der Waals surface area contributed by atoms with Gasteiger partial charge in [0.2, 0.25) is 0 Å². The first-order valence-electron chi connectivity index (χ1n) is 5.17. The average molecular weight is 221 g/mol. The van der Waals surface area contributed by atoms with E-state index in [1.165, 1.54) is 0 Å². The number of nitrogens with zero attached hydrogens (tertiary/aromatic N) is 4. The number of nitrogens with one attached hydrogen (secondary N) is 2. The number of imidazole rings is 1. The lowest BCUT2D eigenvalue weighted by molar-refractivity contribution is 0.511. The van der Waals surface area contributed by atoms with Crippen LogP contribution < -0.4 is 11.3 Å². The monoisotopic (exact) mass is 221 g/mol. The average Bonchev–Trinajstić information content (AvgIpc) is 2.96. The minimum atomic E-state index is -0.0774. The largest absolute Gasteiger partial charge is 0.335 e. The highest BCUT2D eigenvalue weighted by molar-refractivity contribution is 5.05. The van der Waals surface area contributed by atoms with Crippen LogP contribution in [0, 0.1) is 0 Å². The molecule has 0 aliphatic rings. The molecule has 7 nitrogen and oxygen atoms in total. The van der Waals surface area contributed by atoms with Crippen molar-refractivity contribution in [2.24, 2.45) is 5.84 Å². The zero-order chi connectivity index (χ0) is 11.4. The molecule has 0 bridgehead atoms. The van der Waals surface area contributed by atoms with Crippen LogP contribution in [0.1, 0.15) is 24.5 Å². The smallest absolute Gasteiger partial charge is 0.110 e. The maximum Gasteiger partial charge on any atom is 0.110 e. The van der Waals surface area contributed by atoms with Crippen molar-refractivity contribution in [3.63, 3.8) is 0 Å². The van der Waals surface area contributed by atoms with Crippen LogP contribution in [0.15, 0.2) is 18.6 Å². The summed E-state index contributed by atoms with van der Waals surface area (Å²) in [5, 5.41) is 10.3. The Morgan fingerprint density at radius 2 is 2.50 bits per heavy atom. The van der Waals surface area contributed by atoms with Crippen LogP contribution in [0.2, 0.25) is 0 Å². The Morgan fingerprint density at radius 3 is 3.12 bits per heavy atom. The van der Waals surface area contributed by atoms with Gasteiger partial charge in [-0.05, 0) is 6.92 Å². The first-order valence-corrected chi connectivity index (χ1v) is 5.17. The maximum atomic E-state index is 5.50. The van der Waals surface area contributed by atoms with E-state index >= 15 is 0 Å². The molecule has 4 N–H and O–H groups in total. The van der Waals surface area contributed by atoms with Crippen molar-refractivity contribution in [2.45, 2.75) is 25.9 Å². The molecule has 0 saturated carbocycles. The van der Waals surface area contributed by atoms with Gasteiger partial charge in [-0.2, -0.15) is 15.4 Å². The van der Waals surface area contributed by atoms with Gasteiger partial charge in [-0.25, -0.2) is 4.98 Å². The molecule has 0 aromatic carbocycles. The number of aryl methyl sites for hydroxylation is 1. The predicted molar refractivity (Wildman–Crippen MR) is 58.1 cm³/mol. The molecule has 7 heteroatoms. The van der Waals surface area contributed by atoms with E-state index in [0.29, 0.717) is 6.42 Å². The Morgan fingerprint density at radius 1 is 1.62 bits per heavy atom. The number of hydrogen-bond acceptors (Lipinski definition) is 5. The minimum Gasteiger partial charge on any atom is -0.335 e. The van der Waals surface area contributed by atoms with Crippen LogP contribution in [-0.4, -0.2) is 25.0 Å². The lowest BCUT2D eigenvalue weighted by atomic mass is 10.1. The topological polar surface area (TPSA) is 97.4 Å². The maximum absolute atomic E-state index is 5.50. The summed E-state index contributed by atoms with van der Waals surface area (Å²) in [4.78, 5) is 4.29. The van der Waals surface area contributed by atoms with E-state index in [4.69, 9.17) is 5.84 Å². The van der Waals surface area contributed by atoms with Gasteiger partial charge in [0.05, 0.1) is 12.2 Å². The van der Waals surface area contributed by atoms with E-state index < -0.39 is 0 Å². The van der Waals surface area contributed by atoms with E-state index in [1.807, 2.05) is 6.20 Å². The molecule has 2 aromatic rings. The molecule has 0 amide bonds. The number of hydrazine groups is 1. The van der Waals surface area contributed by atoms with E-state index in [0.717, 1.165) is 18.1 Å². The SMILES string of the molecule is CCn1ccnc1CC(NN)c1cn[nH]n1. The zero-order valence-electron chi connectivity index (χ0n) is 9.09. The number of rotatable bonds is 5. The number of aromatic nitrogens is 5. The highest BCUT2D eigenvalue weighted by atomic mass is 15.3. The highest BCUT2D eigenvalue weighted by Crippen LogP contribution is 2.13. The van der Waals surface area contributed by atoms with Gasteiger partial charge in [-0.3, -0.25) is 11.3 Å². The van der Waals surface area contributed by atoms with Crippen LogP contribution in [0.5, 0.6) is 0 Å². The summed E-state index contributed by atoms with van der Waals surface area (Å²) in [6.45, 7) is 2.97. The lowest BCUT2D eigenvalue weighted by Gasteiger charge is -2.13. The van der Waals surface area contributed by atoms with E-state index in [1.54, 1.807) is 12.4 Å². The third kappa shape index (κ3) is 2.10. The van der Waals surface area contributed by atoms with E-state index in [9.17, 15) is 0 Å². The molecular weight excluding hydrogens is 206 g/mol. The Balaban J connectivity index is 2.13. The fourth-order valence-electron chi connectivity index (χ4n) is 1.63. The number of aromatic amines is 1. The van der Waals surface area contributed by atoms with Crippen LogP contribution >= 0.6 is 0 Å². The van der Waals surface area contributed by atoms with Crippen molar-refractivity contribution in [1.29, 1.82) is 0 Å². The van der Waals surface area contributed by atoms with Crippen molar-refractivity contribution in [3.05, 3.63) is 30.1 Å². The number of H-pyrrole nitrogens is 1. The van der Waals surface area contributed by atoms with Crippen molar-refractivity contribution >= 4 is 0 Å². The van der Waals surface area contributed by atoms with Gasteiger partial charge in [0, 0.05) is 25.4 Å². The quantitative estimate of drug-likeness (QED) is 0.478. The third-order valence-corrected chi connectivity index (χ3v) is 2.52. The summed E-state index contributed by atoms with van der Waals surface area (Å²) in [6, 6.07) is -0.0774. The van der Waals surface area contributed by atoms with E-state index in [2.05, 4.69) is 37.3 Å². The van der Waals surface area contributed by atoms with Gasteiger partial charge in [-0.1, -0.05) is 0 Å². The second kappa shape index (κ2) is 4.86. The fraction of sp³-hybridized carbons (Fsp3) is 0.444. The Hall–Kier alpha value is -1.73. The van der Waals surface area contributed by atoms with Crippen molar-refractivity contribution in [2.75, 3.05) is 0 Å². The molecule has 0 spiro atoms. The molecule has 2 rings (SSSR count). The normalized spacial score (nSPS) is 12.9. The molecule has 0 radical (unpaired) electrons. The highest BCUT2D eigenvalue weighted by Gasteiger charge is 2.15. The molecule has 16 heavy (non-hydrogen) atoms. The summed E-state index contributed by atoms with van der Waals surface area (Å²) in [7, 11) is 0. The number of hydrogen-bond donors (Lipinski definition) is 3. The van der Waals surface area contributed by atoms with Gasteiger partial charge >= 0.3 is 0 Å². The van der Waals surface area contributed by atoms with Crippen LogP contribution in [0.3, 0.4) is 0 Å². The van der Waals surface area contributed by atoms with Crippen LogP contribution in [-0.2, 0) is 13.0 Å². The molecule has 1 unspecified atom stereocenters. The summed E-state index contributed by atoms with van der Waals surface area (Å²) in [5.41, 5.74) is 3.50. The lowest BCUT2D eigenvalue weighted by Crippen LogP contribution is -2.30. The third-order valence-electron chi connectivity index (χ3n) is 2.52. The number of nitrogens with two attached hydrogens (primary N) is 1. The fourth-order valence-corrected chi connectivity index (χ4v) is 1.63. The first kappa shape index (κ1) is 10.8. The summed E-state index contributed by atoms with van der Waals surface area (Å²) < 4.78 is 2.07. The van der Waals surface area contributed by atoms with Gasteiger partial charge in [-0.15, -0.1) is 0 Å². The van der Waals surface area contributed by atoms with Crippen molar-refractivity contribution < 1.29 is 0 Å². The van der Waals surface area contributed by atoms with Crippen molar-refractivity contribution in [3.8, 4) is 0 Å². The molecule has 2 heterocycles. The van der Waals surface area contributed by atoms with Crippen LogP contribution in [0.25, 0.3) is 0 Å². The molecule has 0 aliphatic carbocycles. The molecule has 0 aliphatic heterocycles. The van der Waals surface area contributed by atoms with Gasteiger partial charge in [0.25, 0.3) is 0 Å². The summed E-state index contributed by atoms with van der Waals surface area (Å²) >= 11 is 0.